The summed E-state index contributed by atoms with van der Waals surface area (Å²) in [5.41, 5.74) is 1.79. The molecule has 0 radical (unpaired) electrons. The summed E-state index contributed by atoms with van der Waals surface area (Å²) in [5, 5.41) is 4.20. The molecule has 0 spiro atoms. The predicted molar refractivity (Wildman–Crippen MR) is 67.5 cm³/mol. The monoisotopic (exact) mass is 235 g/mol. The molecule has 2 rings (SSSR count). The smallest absolute Gasteiger partial charge is 0.134 e. The average molecular weight is 235 g/mol. The molecule has 2 nitrogen and oxygen atoms in total. The topological polar surface area (TPSA) is 25.2 Å². The number of fused-ring (bicyclic) bond motifs is 1. The molecule has 3 heteroatoms. The summed E-state index contributed by atoms with van der Waals surface area (Å²) < 4.78 is 18.8. The molecule has 0 amide bonds. The van der Waals surface area contributed by atoms with Crippen LogP contribution in [0.2, 0.25) is 0 Å². The molecule has 0 aliphatic carbocycles. The van der Waals surface area contributed by atoms with Gasteiger partial charge in [-0.05, 0) is 43.7 Å². The quantitative estimate of drug-likeness (QED) is 0.798. The van der Waals surface area contributed by atoms with Gasteiger partial charge in [0.1, 0.15) is 17.2 Å². The molecule has 1 N–H and O–H groups in total. The number of hydrogen-bond donors (Lipinski definition) is 1. The molecule has 0 saturated heterocycles. The van der Waals surface area contributed by atoms with Gasteiger partial charge in [0.05, 0.1) is 6.54 Å². The molecule has 92 valence electrons. The van der Waals surface area contributed by atoms with Crippen molar-refractivity contribution in [2.24, 2.45) is 0 Å². The molecular weight excluding hydrogens is 217 g/mol. The SMILES string of the molecule is CCCCNCc1oc2ccc(F)cc2c1C. The average Bonchev–Trinajstić information content (AvgIpc) is 2.62. The number of halogens is 1. The number of nitrogens with one attached hydrogen (secondary N) is 1. The molecule has 0 aliphatic heterocycles. The van der Waals surface area contributed by atoms with Crippen molar-refractivity contribution in [2.75, 3.05) is 6.54 Å². The van der Waals surface area contributed by atoms with E-state index in [4.69, 9.17) is 4.42 Å². The van der Waals surface area contributed by atoms with Crippen LogP contribution >= 0.6 is 0 Å². The van der Waals surface area contributed by atoms with E-state index in [-0.39, 0.29) is 5.82 Å². The lowest BCUT2D eigenvalue weighted by Crippen LogP contribution is -2.14. The van der Waals surface area contributed by atoms with Gasteiger partial charge in [0.2, 0.25) is 0 Å². The van der Waals surface area contributed by atoms with Crippen molar-refractivity contribution in [3.05, 3.63) is 35.3 Å². The van der Waals surface area contributed by atoms with Gasteiger partial charge in [-0.15, -0.1) is 0 Å². The molecule has 0 fully saturated rings. The van der Waals surface area contributed by atoms with Crippen molar-refractivity contribution in [1.82, 2.24) is 5.32 Å². The molecule has 1 aromatic carbocycles. The third-order valence-corrected chi connectivity index (χ3v) is 2.99. The Morgan fingerprint density at radius 2 is 2.18 bits per heavy atom. The van der Waals surface area contributed by atoms with Crippen LogP contribution in [0.4, 0.5) is 4.39 Å². The van der Waals surface area contributed by atoms with Crippen LogP contribution in [-0.2, 0) is 6.54 Å². The van der Waals surface area contributed by atoms with Crippen molar-refractivity contribution in [2.45, 2.75) is 33.2 Å². The van der Waals surface area contributed by atoms with Gasteiger partial charge in [-0.2, -0.15) is 0 Å². The van der Waals surface area contributed by atoms with Crippen molar-refractivity contribution < 1.29 is 8.81 Å². The molecule has 1 heterocycles. The number of rotatable bonds is 5. The molecule has 0 aliphatic rings. The largest absolute Gasteiger partial charge is 0.459 e. The summed E-state index contributed by atoms with van der Waals surface area (Å²) in [4.78, 5) is 0. The number of aryl methyl sites for hydroxylation is 1. The number of benzene rings is 1. The van der Waals surface area contributed by atoms with Crippen LogP contribution in [0.1, 0.15) is 31.1 Å². The van der Waals surface area contributed by atoms with E-state index in [1.165, 1.54) is 18.6 Å². The van der Waals surface area contributed by atoms with Crippen molar-refractivity contribution in [3.8, 4) is 0 Å². The van der Waals surface area contributed by atoms with Crippen LogP contribution in [0.5, 0.6) is 0 Å². The van der Waals surface area contributed by atoms with Gasteiger partial charge in [0.25, 0.3) is 0 Å². The summed E-state index contributed by atoms with van der Waals surface area (Å²) in [6.07, 6.45) is 2.34. The minimum Gasteiger partial charge on any atom is -0.459 e. The Morgan fingerprint density at radius 3 is 2.94 bits per heavy atom. The fourth-order valence-corrected chi connectivity index (χ4v) is 1.92. The first-order valence-electron chi connectivity index (χ1n) is 6.10. The Bertz CT molecular complexity index is 504. The van der Waals surface area contributed by atoms with Gasteiger partial charge < -0.3 is 9.73 Å². The van der Waals surface area contributed by atoms with E-state index in [9.17, 15) is 4.39 Å². The summed E-state index contributed by atoms with van der Waals surface area (Å²) in [5.74, 6) is 0.689. The summed E-state index contributed by atoms with van der Waals surface area (Å²) >= 11 is 0. The van der Waals surface area contributed by atoms with Crippen LogP contribution in [0.25, 0.3) is 11.0 Å². The summed E-state index contributed by atoms with van der Waals surface area (Å²) in [6, 6.07) is 4.65. The maximum Gasteiger partial charge on any atom is 0.134 e. The Kier molecular flexibility index (Phi) is 3.79. The Balaban J connectivity index is 2.15. The maximum atomic E-state index is 13.1. The maximum absolute atomic E-state index is 13.1. The van der Waals surface area contributed by atoms with E-state index in [2.05, 4.69) is 12.2 Å². The highest BCUT2D eigenvalue weighted by Gasteiger charge is 2.10. The predicted octanol–water partition coefficient (Wildman–Crippen LogP) is 3.77. The highest BCUT2D eigenvalue weighted by Crippen LogP contribution is 2.25. The molecule has 0 saturated carbocycles. The van der Waals surface area contributed by atoms with Crippen molar-refractivity contribution >= 4 is 11.0 Å². The Labute approximate surface area is 101 Å². The zero-order chi connectivity index (χ0) is 12.3. The highest BCUT2D eigenvalue weighted by atomic mass is 19.1. The van der Waals surface area contributed by atoms with Gasteiger partial charge in [0, 0.05) is 5.39 Å². The standard InChI is InChI=1S/C14H18FNO/c1-3-4-7-16-9-14-10(2)12-8-11(15)5-6-13(12)17-14/h5-6,8,16H,3-4,7,9H2,1-2H3. The van der Waals surface area contributed by atoms with E-state index in [1.807, 2.05) is 6.92 Å². The lowest BCUT2D eigenvalue weighted by Gasteiger charge is -2.01. The first-order chi connectivity index (χ1) is 8.22. The van der Waals surface area contributed by atoms with Gasteiger partial charge in [-0.1, -0.05) is 13.3 Å². The van der Waals surface area contributed by atoms with Gasteiger partial charge in [-0.25, -0.2) is 4.39 Å². The van der Waals surface area contributed by atoms with E-state index < -0.39 is 0 Å². The second-order valence-electron chi connectivity index (χ2n) is 4.32. The lowest BCUT2D eigenvalue weighted by atomic mass is 10.1. The van der Waals surface area contributed by atoms with E-state index >= 15 is 0 Å². The minimum absolute atomic E-state index is 0.216. The zero-order valence-electron chi connectivity index (χ0n) is 10.3. The molecular formula is C14H18FNO. The highest BCUT2D eigenvalue weighted by molar-refractivity contribution is 5.82. The van der Waals surface area contributed by atoms with Crippen molar-refractivity contribution in [3.63, 3.8) is 0 Å². The van der Waals surface area contributed by atoms with Crippen LogP contribution in [-0.4, -0.2) is 6.54 Å². The number of unbranched alkanes of at least 4 members (excludes halogenated alkanes) is 1. The zero-order valence-corrected chi connectivity index (χ0v) is 10.3. The lowest BCUT2D eigenvalue weighted by molar-refractivity contribution is 0.505. The van der Waals surface area contributed by atoms with E-state index in [0.29, 0.717) is 6.54 Å². The Hall–Kier alpha value is -1.35. The summed E-state index contributed by atoms with van der Waals surface area (Å²) in [6.45, 7) is 5.84. The molecule has 1 aromatic heterocycles. The van der Waals surface area contributed by atoms with Gasteiger partial charge in [0.15, 0.2) is 0 Å². The fourth-order valence-electron chi connectivity index (χ4n) is 1.92. The van der Waals surface area contributed by atoms with Crippen molar-refractivity contribution in [1.29, 1.82) is 0 Å². The third kappa shape index (κ3) is 2.67. The number of hydrogen-bond acceptors (Lipinski definition) is 2. The van der Waals surface area contributed by atoms with Crippen LogP contribution < -0.4 is 5.32 Å². The first-order valence-corrected chi connectivity index (χ1v) is 6.10. The van der Waals surface area contributed by atoms with Gasteiger partial charge in [-0.3, -0.25) is 0 Å². The summed E-state index contributed by atoms with van der Waals surface area (Å²) in [7, 11) is 0. The normalized spacial score (nSPS) is 11.2. The van der Waals surface area contributed by atoms with Crippen LogP contribution in [0, 0.1) is 12.7 Å². The second-order valence-corrected chi connectivity index (χ2v) is 4.32. The van der Waals surface area contributed by atoms with E-state index in [0.717, 1.165) is 35.3 Å². The molecule has 17 heavy (non-hydrogen) atoms. The Morgan fingerprint density at radius 1 is 1.35 bits per heavy atom. The van der Waals surface area contributed by atoms with Crippen LogP contribution in [0.15, 0.2) is 22.6 Å². The molecule has 2 aromatic rings. The first kappa shape index (κ1) is 12.1. The van der Waals surface area contributed by atoms with Crippen LogP contribution in [0.3, 0.4) is 0 Å². The van der Waals surface area contributed by atoms with Gasteiger partial charge >= 0.3 is 0 Å². The number of furan rings is 1. The molecule has 0 atom stereocenters. The fraction of sp³-hybridized carbons (Fsp3) is 0.429. The molecule has 0 unspecified atom stereocenters. The molecule has 0 bridgehead atoms. The van der Waals surface area contributed by atoms with E-state index in [1.54, 1.807) is 6.07 Å². The second kappa shape index (κ2) is 5.32. The minimum atomic E-state index is -0.216. The third-order valence-electron chi connectivity index (χ3n) is 2.99.